The first-order valence-corrected chi connectivity index (χ1v) is 7.25. The molecule has 1 rings (SSSR count). The molecule has 1 aliphatic heterocycles. The maximum Gasteiger partial charge on any atom is 0.247 e. The number of amides is 2. The Morgan fingerprint density at radius 3 is 2.47 bits per heavy atom. The molecular formula is C14H27N3O2. The summed E-state index contributed by atoms with van der Waals surface area (Å²) in [4.78, 5) is 27.8. The molecule has 1 atom stereocenters. The predicted molar refractivity (Wildman–Crippen MR) is 75.8 cm³/mol. The van der Waals surface area contributed by atoms with Gasteiger partial charge in [-0.1, -0.05) is 13.8 Å². The van der Waals surface area contributed by atoms with E-state index in [4.69, 9.17) is 0 Å². The van der Waals surface area contributed by atoms with Gasteiger partial charge in [-0.25, -0.2) is 0 Å². The van der Waals surface area contributed by atoms with Crippen LogP contribution in [0, 0.1) is 0 Å². The molecular weight excluding hydrogens is 242 g/mol. The summed E-state index contributed by atoms with van der Waals surface area (Å²) in [7, 11) is 4.05. The van der Waals surface area contributed by atoms with Crippen molar-refractivity contribution < 1.29 is 9.59 Å². The molecule has 1 heterocycles. The molecule has 5 nitrogen and oxygen atoms in total. The largest absolute Gasteiger partial charge is 0.309 e. The quantitative estimate of drug-likeness (QED) is 0.524. The Bertz CT molecular complexity index is 314. The summed E-state index contributed by atoms with van der Waals surface area (Å²) >= 11 is 0. The Labute approximate surface area is 116 Å². The summed E-state index contributed by atoms with van der Waals surface area (Å²) in [5.41, 5.74) is 0. The van der Waals surface area contributed by atoms with Crippen molar-refractivity contribution in [3.05, 3.63) is 0 Å². The minimum Gasteiger partial charge on any atom is -0.309 e. The first-order chi connectivity index (χ1) is 9.01. The lowest BCUT2D eigenvalue weighted by Crippen LogP contribution is -2.44. The Balaban J connectivity index is 2.46. The van der Waals surface area contributed by atoms with Crippen LogP contribution in [0.5, 0.6) is 0 Å². The van der Waals surface area contributed by atoms with Crippen LogP contribution in [-0.4, -0.2) is 60.9 Å². The Morgan fingerprint density at radius 1 is 1.32 bits per heavy atom. The molecule has 0 bridgehead atoms. The summed E-state index contributed by atoms with van der Waals surface area (Å²) in [5, 5.41) is 3.21. The van der Waals surface area contributed by atoms with Gasteiger partial charge < -0.3 is 10.2 Å². The van der Waals surface area contributed by atoms with Crippen molar-refractivity contribution in [2.75, 3.05) is 27.2 Å². The van der Waals surface area contributed by atoms with Crippen molar-refractivity contribution in [3.8, 4) is 0 Å². The molecule has 1 fully saturated rings. The fraction of sp³-hybridized carbons (Fsp3) is 0.857. The van der Waals surface area contributed by atoms with E-state index in [2.05, 4.69) is 10.2 Å². The van der Waals surface area contributed by atoms with Gasteiger partial charge in [-0.15, -0.1) is 0 Å². The second kappa shape index (κ2) is 7.60. The van der Waals surface area contributed by atoms with Gasteiger partial charge in [-0.2, -0.15) is 0 Å². The van der Waals surface area contributed by atoms with E-state index in [1.165, 1.54) is 4.90 Å². The van der Waals surface area contributed by atoms with E-state index in [1.54, 1.807) is 0 Å². The van der Waals surface area contributed by atoms with Crippen LogP contribution in [-0.2, 0) is 9.59 Å². The van der Waals surface area contributed by atoms with E-state index in [9.17, 15) is 9.59 Å². The highest BCUT2D eigenvalue weighted by molar-refractivity contribution is 6.05. The van der Waals surface area contributed by atoms with Crippen LogP contribution in [0.4, 0.5) is 0 Å². The molecule has 0 spiro atoms. The molecule has 1 saturated heterocycles. The van der Waals surface area contributed by atoms with Crippen molar-refractivity contribution in [1.82, 2.24) is 15.1 Å². The van der Waals surface area contributed by atoms with Gasteiger partial charge in [0.15, 0.2) is 0 Å². The van der Waals surface area contributed by atoms with Crippen molar-refractivity contribution >= 4 is 11.8 Å². The number of nitrogens with one attached hydrogen (secondary N) is 1. The number of rotatable bonds is 8. The normalized spacial score (nSPS) is 20.1. The van der Waals surface area contributed by atoms with E-state index >= 15 is 0 Å². The van der Waals surface area contributed by atoms with Crippen LogP contribution in [0.3, 0.4) is 0 Å². The minimum atomic E-state index is -0.310. The highest BCUT2D eigenvalue weighted by Crippen LogP contribution is 2.20. The monoisotopic (exact) mass is 269 g/mol. The number of hydrogen-bond acceptors (Lipinski definition) is 4. The minimum absolute atomic E-state index is 0.0243. The van der Waals surface area contributed by atoms with Crippen molar-refractivity contribution in [2.45, 2.75) is 51.6 Å². The van der Waals surface area contributed by atoms with E-state index in [-0.39, 0.29) is 23.9 Å². The van der Waals surface area contributed by atoms with E-state index in [0.29, 0.717) is 6.42 Å². The Kier molecular flexibility index (Phi) is 6.45. The third-order valence-electron chi connectivity index (χ3n) is 3.66. The van der Waals surface area contributed by atoms with Crippen LogP contribution < -0.4 is 5.32 Å². The lowest BCUT2D eigenvalue weighted by molar-refractivity contribution is -0.141. The van der Waals surface area contributed by atoms with Crippen molar-refractivity contribution in [1.29, 1.82) is 0 Å². The fourth-order valence-corrected chi connectivity index (χ4v) is 2.52. The SMILES string of the molecule is CCC(CC)N1C(=O)CC(NCCCN(C)C)C1=O. The first-order valence-electron chi connectivity index (χ1n) is 7.25. The summed E-state index contributed by atoms with van der Waals surface area (Å²) in [6.07, 6.45) is 2.97. The van der Waals surface area contributed by atoms with Crippen LogP contribution in [0.25, 0.3) is 0 Å². The highest BCUT2D eigenvalue weighted by atomic mass is 16.2. The molecule has 1 N–H and O–H groups in total. The molecule has 0 saturated carbocycles. The number of imide groups is 1. The highest BCUT2D eigenvalue weighted by Gasteiger charge is 2.40. The summed E-state index contributed by atoms with van der Waals surface area (Å²) in [6, 6.07) is -0.246. The number of hydrogen-bond donors (Lipinski definition) is 1. The zero-order valence-electron chi connectivity index (χ0n) is 12.6. The van der Waals surface area contributed by atoms with Gasteiger partial charge in [-0.05, 0) is 46.4 Å². The van der Waals surface area contributed by atoms with Crippen molar-refractivity contribution in [2.24, 2.45) is 0 Å². The van der Waals surface area contributed by atoms with Gasteiger partial charge in [0.1, 0.15) is 0 Å². The molecule has 2 amide bonds. The van der Waals surface area contributed by atoms with Gasteiger partial charge in [0.25, 0.3) is 0 Å². The standard InChI is InChI=1S/C14H27N3O2/c1-5-11(6-2)17-13(18)10-12(14(17)19)15-8-7-9-16(3)4/h11-12,15H,5-10H2,1-4H3. The number of carbonyl (C=O) groups is 2. The van der Waals surface area contributed by atoms with E-state index < -0.39 is 0 Å². The maximum atomic E-state index is 12.2. The van der Waals surface area contributed by atoms with Crippen LogP contribution in [0.15, 0.2) is 0 Å². The molecule has 0 aliphatic carbocycles. The smallest absolute Gasteiger partial charge is 0.247 e. The van der Waals surface area contributed by atoms with Crippen LogP contribution >= 0.6 is 0 Å². The zero-order chi connectivity index (χ0) is 14.4. The van der Waals surface area contributed by atoms with Gasteiger partial charge in [0, 0.05) is 6.04 Å². The fourth-order valence-electron chi connectivity index (χ4n) is 2.52. The first kappa shape index (κ1) is 16.1. The van der Waals surface area contributed by atoms with Crippen LogP contribution in [0.2, 0.25) is 0 Å². The molecule has 110 valence electrons. The molecule has 1 aliphatic rings. The summed E-state index contributed by atoms with van der Waals surface area (Å²) in [6.45, 7) is 5.80. The van der Waals surface area contributed by atoms with E-state index in [0.717, 1.165) is 32.4 Å². The lowest BCUT2D eigenvalue weighted by atomic mass is 10.1. The topological polar surface area (TPSA) is 52.7 Å². The molecule has 0 aromatic heterocycles. The van der Waals surface area contributed by atoms with Gasteiger partial charge in [0.05, 0.1) is 12.5 Å². The molecule has 19 heavy (non-hydrogen) atoms. The molecule has 1 unspecified atom stereocenters. The number of carbonyl (C=O) groups excluding carboxylic acids is 2. The van der Waals surface area contributed by atoms with Gasteiger partial charge in [0.2, 0.25) is 11.8 Å². The molecule has 0 aromatic rings. The third kappa shape index (κ3) is 4.28. The second-order valence-electron chi connectivity index (χ2n) is 5.44. The lowest BCUT2D eigenvalue weighted by Gasteiger charge is -2.24. The van der Waals surface area contributed by atoms with Crippen molar-refractivity contribution in [3.63, 3.8) is 0 Å². The third-order valence-corrected chi connectivity index (χ3v) is 3.66. The van der Waals surface area contributed by atoms with Crippen LogP contribution in [0.1, 0.15) is 39.5 Å². The average molecular weight is 269 g/mol. The van der Waals surface area contributed by atoms with Gasteiger partial charge >= 0.3 is 0 Å². The molecule has 0 aromatic carbocycles. The van der Waals surface area contributed by atoms with Gasteiger partial charge in [-0.3, -0.25) is 14.5 Å². The Morgan fingerprint density at radius 2 is 1.95 bits per heavy atom. The average Bonchev–Trinajstić information content (AvgIpc) is 2.64. The molecule has 0 radical (unpaired) electrons. The predicted octanol–water partition coefficient (Wildman–Crippen LogP) is 0.844. The Hall–Kier alpha value is -0.940. The maximum absolute atomic E-state index is 12.2. The zero-order valence-corrected chi connectivity index (χ0v) is 12.6. The number of nitrogens with zero attached hydrogens (tertiary/aromatic N) is 2. The summed E-state index contributed by atoms with van der Waals surface area (Å²) < 4.78 is 0. The summed E-state index contributed by atoms with van der Waals surface area (Å²) in [5.74, 6) is -0.0626. The molecule has 5 heteroatoms. The van der Waals surface area contributed by atoms with E-state index in [1.807, 2.05) is 27.9 Å². The number of likely N-dealkylation sites (tertiary alicyclic amines) is 1. The second-order valence-corrected chi connectivity index (χ2v) is 5.44.